The number of thiophene rings is 1. The normalized spacial score (nSPS) is 10.7. The number of benzene rings is 1. The van der Waals surface area contributed by atoms with Gasteiger partial charge in [0.25, 0.3) is 0 Å². The summed E-state index contributed by atoms with van der Waals surface area (Å²) in [4.78, 5) is 31.7. The average Bonchev–Trinajstić information content (AvgIpc) is 2.92. The highest BCUT2D eigenvalue weighted by molar-refractivity contribution is 7.22. The zero-order chi connectivity index (χ0) is 16.6. The maximum atomic E-state index is 12.0. The number of esters is 1. The Morgan fingerprint density at radius 3 is 2.87 bits per heavy atom. The molecule has 0 aliphatic rings. The summed E-state index contributed by atoms with van der Waals surface area (Å²) in [5.41, 5.74) is 6.72. The topological polar surface area (TPSA) is 95.2 Å². The van der Waals surface area contributed by atoms with E-state index in [1.807, 2.05) is 19.1 Å². The number of nitrogens with two attached hydrogens (primary N) is 1. The number of primary amides is 1. The van der Waals surface area contributed by atoms with Crippen molar-refractivity contribution in [2.24, 2.45) is 5.73 Å². The third-order valence-corrected chi connectivity index (χ3v) is 4.44. The van der Waals surface area contributed by atoms with Gasteiger partial charge >= 0.3 is 12.1 Å². The molecular weight excluding hydrogens is 338 g/mol. The number of rotatable bonds is 2. The summed E-state index contributed by atoms with van der Waals surface area (Å²) in [6, 6.07) is 6.95. The van der Waals surface area contributed by atoms with Gasteiger partial charge in [0.1, 0.15) is 0 Å². The second-order valence-electron chi connectivity index (χ2n) is 4.71. The van der Waals surface area contributed by atoms with Crippen LogP contribution in [0.3, 0.4) is 0 Å². The van der Waals surface area contributed by atoms with E-state index in [-0.39, 0.29) is 10.8 Å². The second-order valence-corrected chi connectivity index (χ2v) is 6.13. The second kappa shape index (κ2) is 5.94. The summed E-state index contributed by atoms with van der Waals surface area (Å²) < 4.78 is 5.31. The van der Waals surface area contributed by atoms with Crippen LogP contribution in [0.1, 0.15) is 15.9 Å². The quantitative estimate of drug-likeness (QED) is 0.434. The van der Waals surface area contributed by atoms with Crippen molar-refractivity contribution in [1.82, 2.24) is 9.97 Å². The zero-order valence-corrected chi connectivity index (χ0v) is 13.4. The van der Waals surface area contributed by atoms with Gasteiger partial charge in [-0.15, -0.1) is 11.3 Å². The van der Waals surface area contributed by atoms with Crippen LogP contribution in [0.5, 0.6) is 0 Å². The Morgan fingerprint density at radius 1 is 1.35 bits per heavy atom. The molecule has 2 aromatic heterocycles. The number of hydrogen-bond acceptors (Lipinski definition) is 6. The van der Waals surface area contributed by atoms with Crippen molar-refractivity contribution in [3.8, 4) is 10.6 Å². The summed E-state index contributed by atoms with van der Waals surface area (Å²) in [6.07, 6.45) is 0.498. The van der Waals surface area contributed by atoms with Crippen LogP contribution in [0.2, 0.25) is 5.28 Å². The van der Waals surface area contributed by atoms with Crippen molar-refractivity contribution in [2.45, 2.75) is 6.92 Å². The lowest BCUT2D eigenvalue weighted by atomic mass is 10.1. The monoisotopic (exact) mass is 347 g/mol. The molecule has 0 bridgehead atoms. The zero-order valence-electron chi connectivity index (χ0n) is 11.9. The van der Waals surface area contributed by atoms with Crippen molar-refractivity contribution in [3.63, 3.8) is 0 Å². The van der Waals surface area contributed by atoms with E-state index < -0.39 is 12.1 Å². The van der Waals surface area contributed by atoms with Gasteiger partial charge in [-0.2, -0.15) is 0 Å². The number of halogens is 1. The minimum atomic E-state index is -1.14. The molecule has 1 aromatic carbocycles. The first-order valence-corrected chi connectivity index (χ1v) is 7.69. The molecule has 6 nitrogen and oxygen atoms in total. The maximum absolute atomic E-state index is 12.0. The molecule has 0 aliphatic carbocycles. The van der Waals surface area contributed by atoms with E-state index in [2.05, 4.69) is 14.7 Å². The number of amides is 1. The van der Waals surface area contributed by atoms with Crippen LogP contribution >= 0.6 is 22.9 Å². The van der Waals surface area contributed by atoms with Crippen molar-refractivity contribution in [3.05, 3.63) is 46.9 Å². The number of nitrogens with zero attached hydrogens (tertiary/aromatic N) is 2. The smallest absolute Gasteiger partial charge is 0.373 e. The number of carbonyl (C=O) groups is 2. The van der Waals surface area contributed by atoms with E-state index in [0.717, 1.165) is 15.1 Å². The highest BCUT2D eigenvalue weighted by Crippen LogP contribution is 2.36. The SMILES string of the molecule is Cc1cnc(Cl)nc1-c1cc2c(C(=O)OC(N)=O)cccc2s1. The minimum absolute atomic E-state index is 0.149. The van der Waals surface area contributed by atoms with Crippen LogP contribution in [-0.4, -0.2) is 22.0 Å². The molecule has 0 saturated heterocycles. The Labute approximate surface area is 139 Å². The standard InChI is InChI=1S/C15H10ClN3O3S/c1-7-6-18-14(16)19-12(7)11-5-9-8(13(20)22-15(17)21)3-2-4-10(9)23-11/h2-6H,1H3,(H2,17,21). The highest BCUT2D eigenvalue weighted by Gasteiger charge is 2.17. The Hall–Kier alpha value is -2.51. The van der Waals surface area contributed by atoms with E-state index in [9.17, 15) is 9.59 Å². The van der Waals surface area contributed by atoms with Gasteiger partial charge in [-0.25, -0.2) is 19.6 Å². The van der Waals surface area contributed by atoms with Crippen LogP contribution in [-0.2, 0) is 4.74 Å². The Balaban J connectivity index is 2.14. The summed E-state index contributed by atoms with van der Waals surface area (Å²) in [6.45, 7) is 1.87. The lowest BCUT2D eigenvalue weighted by molar-refractivity contribution is 0.0640. The van der Waals surface area contributed by atoms with E-state index in [1.54, 1.807) is 18.3 Å². The number of fused-ring (bicyclic) bond motifs is 1. The number of ether oxygens (including phenoxy) is 1. The first kappa shape index (κ1) is 15.4. The van der Waals surface area contributed by atoms with Crippen LogP contribution in [0, 0.1) is 6.92 Å². The molecule has 0 unspecified atom stereocenters. The third kappa shape index (κ3) is 3.01. The van der Waals surface area contributed by atoms with E-state index in [1.165, 1.54) is 11.3 Å². The van der Waals surface area contributed by atoms with Crippen molar-refractivity contribution < 1.29 is 14.3 Å². The molecule has 0 aliphatic heterocycles. The van der Waals surface area contributed by atoms with Gasteiger partial charge in [-0.05, 0) is 42.3 Å². The van der Waals surface area contributed by atoms with Gasteiger partial charge in [0.05, 0.1) is 16.1 Å². The molecule has 0 saturated carbocycles. The molecule has 1 amide bonds. The van der Waals surface area contributed by atoms with Gasteiger partial charge < -0.3 is 10.5 Å². The maximum Gasteiger partial charge on any atom is 0.412 e. The van der Waals surface area contributed by atoms with Gasteiger partial charge in [0.15, 0.2) is 0 Å². The first-order valence-electron chi connectivity index (χ1n) is 6.49. The number of hydrogen-bond donors (Lipinski definition) is 1. The van der Waals surface area contributed by atoms with Gasteiger partial charge in [-0.3, -0.25) is 0 Å². The Kier molecular flexibility index (Phi) is 3.97. The fourth-order valence-electron chi connectivity index (χ4n) is 2.17. The molecular formula is C15H10ClN3O3S. The molecule has 0 spiro atoms. The van der Waals surface area contributed by atoms with Gasteiger partial charge in [0, 0.05) is 16.3 Å². The first-order chi connectivity index (χ1) is 11.0. The molecule has 0 radical (unpaired) electrons. The molecule has 8 heteroatoms. The lowest BCUT2D eigenvalue weighted by Gasteiger charge is -2.01. The summed E-state index contributed by atoms with van der Waals surface area (Å²) in [5.74, 6) is -0.787. The molecule has 23 heavy (non-hydrogen) atoms. The van der Waals surface area contributed by atoms with Gasteiger partial charge in [-0.1, -0.05) is 6.07 Å². The van der Waals surface area contributed by atoms with E-state index in [0.29, 0.717) is 11.1 Å². The molecule has 2 heterocycles. The van der Waals surface area contributed by atoms with E-state index in [4.69, 9.17) is 17.3 Å². The fourth-order valence-corrected chi connectivity index (χ4v) is 3.45. The number of carbonyl (C=O) groups excluding carboxylic acids is 2. The van der Waals surface area contributed by atoms with Crippen LogP contribution in [0.15, 0.2) is 30.5 Å². The predicted molar refractivity (Wildman–Crippen MR) is 87.6 cm³/mol. The average molecular weight is 348 g/mol. The summed E-state index contributed by atoms with van der Waals surface area (Å²) in [5, 5.41) is 0.810. The van der Waals surface area contributed by atoms with Crippen LogP contribution in [0.25, 0.3) is 20.7 Å². The summed E-state index contributed by atoms with van der Waals surface area (Å²) >= 11 is 7.31. The summed E-state index contributed by atoms with van der Waals surface area (Å²) in [7, 11) is 0. The van der Waals surface area contributed by atoms with Gasteiger partial charge in [0.2, 0.25) is 5.28 Å². The fraction of sp³-hybridized carbons (Fsp3) is 0.0667. The Bertz CT molecular complexity index is 939. The number of aryl methyl sites for hydroxylation is 1. The van der Waals surface area contributed by atoms with Crippen molar-refractivity contribution in [1.29, 1.82) is 0 Å². The van der Waals surface area contributed by atoms with Crippen molar-refractivity contribution in [2.75, 3.05) is 0 Å². The van der Waals surface area contributed by atoms with E-state index >= 15 is 0 Å². The van der Waals surface area contributed by atoms with Crippen LogP contribution in [0.4, 0.5) is 4.79 Å². The third-order valence-electron chi connectivity index (χ3n) is 3.15. The number of aromatic nitrogens is 2. The largest absolute Gasteiger partial charge is 0.412 e. The Morgan fingerprint density at radius 2 is 2.13 bits per heavy atom. The van der Waals surface area contributed by atoms with Crippen molar-refractivity contribution >= 4 is 45.1 Å². The molecule has 2 N–H and O–H groups in total. The molecule has 116 valence electrons. The lowest BCUT2D eigenvalue weighted by Crippen LogP contribution is -2.18. The minimum Gasteiger partial charge on any atom is -0.373 e. The molecule has 0 fully saturated rings. The van der Waals surface area contributed by atoms with Crippen LogP contribution < -0.4 is 5.73 Å². The molecule has 0 atom stereocenters. The highest BCUT2D eigenvalue weighted by atomic mass is 35.5. The molecule has 3 rings (SSSR count). The predicted octanol–water partition coefficient (Wildman–Crippen LogP) is 3.56. The molecule has 3 aromatic rings.